The summed E-state index contributed by atoms with van der Waals surface area (Å²) in [6, 6.07) is 3.75. The highest BCUT2D eigenvalue weighted by molar-refractivity contribution is 7.99. The second-order valence-corrected chi connectivity index (χ2v) is 5.88. The van der Waals surface area contributed by atoms with E-state index in [0.29, 0.717) is 35.6 Å². The minimum Gasteiger partial charge on any atom is -0.461 e. The van der Waals surface area contributed by atoms with Crippen LogP contribution in [0.3, 0.4) is 0 Å². The van der Waals surface area contributed by atoms with Crippen molar-refractivity contribution in [3.63, 3.8) is 0 Å². The number of hydrogen-bond acceptors (Lipinski definition) is 6. The molecule has 2 aromatic heterocycles. The van der Waals surface area contributed by atoms with Crippen molar-refractivity contribution in [3.8, 4) is 11.6 Å². The number of hydrogen-bond donors (Lipinski definition) is 1. The minimum atomic E-state index is -0.0270. The number of rotatable bonds is 8. The zero-order valence-corrected chi connectivity index (χ0v) is 13.7. The lowest BCUT2D eigenvalue weighted by atomic mass is 10.4. The van der Waals surface area contributed by atoms with Gasteiger partial charge in [-0.1, -0.05) is 11.8 Å². The number of carbonyl (C=O) groups excluding carboxylic acids is 1. The Kier molecular flexibility index (Phi) is 6.02. The standard InChI is InChI=1S/C14H20N4O3S/c1-10(2)15-12(19)9-22-14-17-16-13(11-5-4-7-21-11)18(14)6-8-20-3/h4-5,7,10H,6,8-9H2,1-3H3,(H,15,19). The van der Waals surface area contributed by atoms with E-state index in [1.807, 2.05) is 24.5 Å². The molecule has 2 heterocycles. The van der Waals surface area contributed by atoms with Crippen molar-refractivity contribution in [3.05, 3.63) is 18.4 Å². The average Bonchev–Trinajstić information content (AvgIpc) is 3.11. The van der Waals surface area contributed by atoms with Gasteiger partial charge in [-0.15, -0.1) is 10.2 Å². The molecular weight excluding hydrogens is 304 g/mol. The van der Waals surface area contributed by atoms with E-state index >= 15 is 0 Å². The van der Waals surface area contributed by atoms with Gasteiger partial charge in [0.2, 0.25) is 11.7 Å². The molecule has 1 amide bonds. The van der Waals surface area contributed by atoms with Crippen molar-refractivity contribution in [1.29, 1.82) is 0 Å². The van der Waals surface area contributed by atoms with Gasteiger partial charge in [-0.05, 0) is 26.0 Å². The van der Waals surface area contributed by atoms with E-state index in [2.05, 4.69) is 15.5 Å². The molecule has 0 aromatic carbocycles. The molecule has 0 aliphatic heterocycles. The van der Waals surface area contributed by atoms with Crippen LogP contribution in [-0.4, -0.2) is 46.2 Å². The summed E-state index contributed by atoms with van der Waals surface area (Å²) in [5, 5.41) is 11.8. The van der Waals surface area contributed by atoms with Crippen LogP contribution in [-0.2, 0) is 16.1 Å². The molecule has 0 atom stereocenters. The fourth-order valence-corrected chi connectivity index (χ4v) is 2.64. The number of aromatic nitrogens is 3. The summed E-state index contributed by atoms with van der Waals surface area (Å²) >= 11 is 1.35. The van der Waals surface area contributed by atoms with Crippen LogP contribution in [0.2, 0.25) is 0 Å². The largest absolute Gasteiger partial charge is 0.461 e. The lowest BCUT2D eigenvalue weighted by molar-refractivity contribution is -0.119. The molecule has 1 N–H and O–H groups in total. The molecule has 120 valence electrons. The lowest BCUT2D eigenvalue weighted by Crippen LogP contribution is -2.31. The Labute approximate surface area is 133 Å². The van der Waals surface area contributed by atoms with Gasteiger partial charge in [0, 0.05) is 13.2 Å². The van der Waals surface area contributed by atoms with Crippen molar-refractivity contribution < 1.29 is 13.9 Å². The molecular formula is C14H20N4O3S. The Bertz CT molecular complexity index is 595. The minimum absolute atomic E-state index is 0.0270. The van der Waals surface area contributed by atoms with Crippen molar-refractivity contribution in [1.82, 2.24) is 20.1 Å². The molecule has 0 aliphatic rings. The first kappa shape index (κ1) is 16.6. The monoisotopic (exact) mass is 324 g/mol. The molecule has 0 fully saturated rings. The molecule has 0 spiro atoms. The van der Waals surface area contributed by atoms with Crippen molar-refractivity contribution in [2.75, 3.05) is 19.5 Å². The third kappa shape index (κ3) is 4.35. The van der Waals surface area contributed by atoms with E-state index in [0.717, 1.165) is 0 Å². The number of ether oxygens (including phenoxy) is 1. The maximum Gasteiger partial charge on any atom is 0.230 e. The predicted octanol–water partition coefficient (Wildman–Crippen LogP) is 1.80. The van der Waals surface area contributed by atoms with E-state index in [1.54, 1.807) is 19.4 Å². The smallest absolute Gasteiger partial charge is 0.230 e. The number of carbonyl (C=O) groups is 1. The average molecular weight is 324 g/mol. The zero-order chi connectivity index (χ0) is 15.9. The third-order valence-corrected chi connectivity index (χ3v) is 3.73. The van der Waals surface area contributed by atoms with Gasteiger partial charge in [-0.25, -0.2) is 0 Å². The first-order chi connectivity index (χ1) is 10.6. The van der Waals surface area contributed by atoms with Crippen LogP contribution in [0.15, 0.2) is 28.0 Å². The Balaban J connectivity index is 2.11. The predicted molar refractivity (Wildman–Crippen MR) is 83.6 cm³/mol. The first-order valence-corrected chi connectivity index (χ1v) is 7.98. The molecule has 0 aliphatic carbocycles. The highest BCUT2D eigenvalue weighted by Crippen LogP contribution is 2.24. The maximum absolute atomic E-state index is 11.8. The van der Waals surface area contributed by atoms with Crippen LogP contribution in [0.1, 0.15) is 13.8 Å². The Morgan fingerprint density at radius 1 is 1.50 bits per heavy atom. The number of nitrogens with one attached hydrogen (secondary N) is 1. The molecule has 8 heteroatoms. The number of furan rings is 1. The third-order valence-electron chi connectivity index (χ3n) is 2.76. The molecule has 7 nitrogen and oxygen atoms in total. The number of thioether (sulfide) groups is 1. The van der Waals surface area contributed by atoms with E-state index in [9.17, 15) is 4.79 Å². The van der Waals surface area contributed by atoms with E-state index in [1.165, 1.54) is 11.8 Å². The summed E-state index contributed by atoms with van der Waals surface area (Å²) in [4.78, 5) is 11.8. The van der Waals surface area contributed by atoms with Crippen molar-refractivity contribution in [2.45, 2.75) is 31.6 Å². The first-order valence-electron chi connectivity index (χ1n) is 7.00. The molecule has 0 unspecified atom stereocenters. The van der Waals surface area contributed by atoms with Gasteiger partial charge in [0.25, 0.3) is 0 Å². The molecule has 22 heavy (non-hydrogen) atoms. The lowest BCUT2D eigenvalue weighted by Gasteiger charge is -2.09. The fourth-order valence-electron chi connectivity index (χ4n) is 1.86. The van der Waals surface area contributed by atoms with Gasteiger partial charge < -0.3 is 14.5 Å². The van der Waals surface area contributed by atoms with Crippen molar-refractivity contribution in [2.24, 2.45) is 0 Å². The summed E-state index contributed by atoms with van der Waals surface area (Å²) < 4.78 is 12.4. The SMILES string of the molecule is COCCn1c(SCC(=O)NC(C)C)nnc1-c1ccco1. The van der Waals surface area contributed by atoms with Gasteiger partial charge in [-0.2, -0.15) is 0 Å². The molecule has 0 bridgehead atoms. The number of amides is 1. The fraction of sp³-hybridized carbons (Fsp3) is 0.500. The normalized spacial score (nSPS) is 11.1. The molecule has 2 aromatic rings. The van der Waals surface area contributed by atoms with Gasteiger partial charge in [0.15, 0.2) is 10.9 Å². The molecule has 2 rings (SSSR count). The van der Waals surface area contributed by atoms with Gasteiger partial charge >= 0.3 is 0 Å². The summed E-state index contributed by atoms with van der Waals surface area (Å²) in [7, 11) is 1.64. The van der Waals surface area contributed by atoms with Crippen LogP contribution in [0.5, 0.6) is 0 Å². The highest BCUT2D eigenvalue weighted by Gasteiger charge is 2.17. The second-order valence-electron chi connectivity index (χ2n) is 4.94. The maximum atomic E-state index is 11.8. The Morgan fingerprint density at radius 2 is 2.32 bits per heavy atom. The van der Waals surface area contributed by atoms with Crippen LogP contribution in [0.25, 0.3) is 11.6 Å². The van der Waals surface area contributed by atoms with Gasteiger partial charge in [-0.3, -0.25) is 9.36 Å². The van der Waals surface area contributed by atoms with E-state index in [-0.39, 0.29) is 11.9 Å². The topological polar surface area (TPSA) is 82.2 Å². The van der Waals surface area contributed by atoms with E-state index < -0.39 is 0 Å². The summed E-state index contributed by atoms with van der Waals surface area (Å²) in [5.74, 6) is 1.54. The number of nitrogens with zero attached hydrogens (tertiary/aromatic N) is 3. The quantitative estimate of drug-likeness (QED) is 0.746. The Hall–Kier alpha value is -1.80. The van der Waals surface area contributed by atoms with Crippen LogP contribution < -0.4 is 5.32 Å². The second kappa shape index (κ2) is 8.00. The summed E-state index contributed by atoms with van der Waals surface area (Å²) in [6.45, 7) is 4.97. The van der Waals surface area contributed by atoms with Gasteiger partial charge in [0.05, 0.1) is 25.2 Å². The van der Waals surface area contributed by atoms with Crippen molar-refractivity contribution >= 4 is 17.7 Å². The molecule has 0 radical (unpaired) electrons. The zero-order valence-electron chi connectivity index (χ0n) is 12.9. The number of methoxy groups -OCH3 is 1. The van der Waals surface area contributed by atoms with Crippen LogP contribution in [0, 0.1) is 0 Å². The summed E-state index contributed by atoms with van der Waals surface area (Å²) in [6.07, 6.45) is 1.59. The molecule has 0 saturated heterocycles. The van der Waals surface area contributed by atoms with Crippen LogP contribution in [0.4, 0.5) is 0 Å². The Morgan fingerprint density at radius 3 is 2.95 bits per heavy atom. The van der Waals surface area contributed by atoms with E-state index in [4.69, 9.17) is 9.15 Å². The molecule has 0 saturated carbocycles. The summed E-state index contributed by atoms with van der Waals surface area (Å²) in [5.41, 5.74) is 0. The van der Waals surface area contributed by atoms with Crippen LogP contribution >= 0.6 is 11.8 Å². The highest BCUT2D eigenvalue weighted by atomic mass is 32.2. The van der Waals surface area contributed by atoms with Gasteiger partial charge in [0.1, 0.15) is 0 Å².